The van der Waals surface area contributed by atoms with Crippen LogP contribution in [0.2, 0.25) is 5.02 Å². The van der Waals surface area contributed by atoms with Crippen LogP contribution in [0.5, 0.6) is 0 Å². The topological polar surface area (TPSA) is 101 Å². The smallest absolute Gasteiger partial charge is 0.326 e. The Morgan fingerprint density at radius 1 is 1.25 bits per heavy atom. The first-order chi connectivity index (χ1) is 13.5. The average Bonchev–Trinajstić information content (AvgIpc) is 3.12. The molecule has 148 valence electrons. The molecule has 0 spiro atoms. The summed E-state index contributed by atoms with van der Waals surface area (Å²) in [4.78, 5) is 25.5. The van der Waals surface area contributed by atoms with E-state index in [9.17, 15) is 4.79 Å². The van der Waals surface area contributed by atoms with E-state index >= 15 is 0 Å². The molecule has 0 bridgehead atoms. The summed E-state index contributed by atoms with van der Waals surface area (Å²) >= 11 is 5.96. The highest BCUT2D eigenvalue weighted by molar-refractivity contribution is 6.30. The highest BCUT2D eigenvalue weighted by atomic mass is 35.5. The van der Waals surface area contributed by atoms with Crippen LogP contribution in [-0.2, 0) is 4.74 Å². The lowest BCUT2D eigenvalue weighted by Gasteiger charge is -2.13. The number of carbonyl (C=O) groups excluding carboxylic acids is 1. The first-order valence-electron chi connectivity index (χ1n) is 9.07. The fraction of sp³-hybridized carbons (Fsp3) is 0.368. The van der Waals surface area contributed by atoms with Crippen molar-refractivity contribution in [2.75, 3.05) is 23.8 Å². The minimum absolute atomic E-state index is 0.0507. The van der Waals surface area contributed by atoms with E-state index in [4.69, 9.17) is 16.3 Å². The van der Waals surface area contributed by atoms with Crippen LogP contribution in [0.25, 0.3) is 0 Å². The van der Waals surface area contributed by atoms with Gasteiger partial charge in [0, 0.05) is 28.7 Å². The first-order valence-corrected chi connectivity index (χ1v) is 9.44. The van der Waals surface area contributed by atoms with Crippen molar-refractivity contribution in [1.29, 1.82) is 0 Å². The Morgan fingerprint density at radius 2 is 2.04 bits per heavy atom. The molecule has 28 heavy (non-hydrogen) atoms. The zero-order valence-corrected chi connectivity index (χ0v) is 16.6. The molecule has 1 fully saturated rings. The number of nitrogens with one attached hydrogen (secondary N) is 3. The van der Waals surface area contributed by atoms with Crippen LogP contribution in [0.15, 0.2) is 35.3 Å². The van der Waals surface area contributed by atoms with Gasteiger partial charge in [-0.1, -0.05) is 17.7 Å². The Hall–Kier alpha value is -2.71. The van der Waals surface area contributed by atoms with Crippen LogP contribution < -0.4 is 16.0 Å². The number of rotatable bonds is 4. The van der Waals surface area contributed by atoms with Crippen molar-refractivity contribution in [2.45, 2.75) is 32.8 Å². The first kappa shape index (κ1) is 20.0. The highest BCUT2D eigenvalue weighted by Gasteiger charge is 2.16. The number of aromatic nitrogens is 2. The number of ether oxygens (including phenoxy) is 1. The van der Waals surface area contributed by atoms with E-state index in [1.807, 2.05) is 19.9 Å². The van der Waals surface area contributed by atoms with Gasteiger partial charge >= 0.3 is 6.03 Å². The van der Waals surface area contributed by atoms with E-state index in [-0.39, 0.29) is 12.1 Å². The Kier molecular flexibility index (Phi) is 6.78. The van der Waals surface area contributed by atoms with Crippen molar-refractivity contribution in [3.05, 3.63) is 46.7 Å². The summed E-state index contributed by atoms with van der Waals surface area (Å²) in [5, 5.41) is 8.95. The number of nitrogens with zero attached hydrogens (tertiary/aromatic N) is 3. The molecule has 0 radical (unpaired) electrons. The monoisotopic (exact) mass is 402 g/mol. The van der Waals surface area contributed by atoms with E-state index in [2.05, 4.69) is 30.9 Å². The molecule has 3 N–H and O–H groups in total. The number of anilines is 2. The summed E-state index contributed by atoms with van der Waals surface area (Å²) in [6.45, 7) is 4.93. The molecule has 3 rings (SSSR count). The van der Waals surface area contributed by atoms with Crippen LogP contribution in [0.1, 0.15) is 24.2 Å². The fourth-order valence-electron chi connectivity index (χ4n) is 2.82. The summed E-state index contributed by atoms with van der Waals surface area (Å²) in [5.41, 5.74) is 2.21. The lowest BCUT2D eigenvalue weighted by molar-refractivity contribution is 0.118. The van der Waals surface area contributed by atoms with E-state index < -0.39 is 6.03 Å². The Labute approximate surface area is 168 Å². The Bertz CT molecular complexity index is 847. The van der Waals surface area contributed by atoms with E-state index in [1.165, 1.54) is 0 Å². The SMILES string of the molecule is Cc1cc(C)nc(NC(=NCC2CCCO2)NC(=O)Nc2cccc(Cl)c2)n1. The normalized spacial score (nSPS) is 16.7. The molecule has 1 aliphatic heterocycles. The molecule has 0 saturated carbocycles. The van der Waals surface area contributed by atoms with Crippen LogP contribution >= 0.6 is 11.6 Å². The highest BCUT2D eigenvalue weighted by Crippen LogP contribution is 2.15. The number of aryl methyl sites for hydroxylation is 2. The molecule has 1 aliphatic rings. The van der Waals surface area contributed by atoms with Crippen molar-refractivity contribution >= 4 is 35.2 Å². The summed E-state index contributed by atoms with van der Waals surface area (Å²) in [6.07, 6.45) is 2.02. The number of aliphatic imine (C=N–C) groups is 1. The van der Waals surface area contributed by atoms with Gasteiger partial charge in [-0.05, 0) is 51.0 Å². The second kappa shape index (κ2) is 9.48. The summed E-state index contributed by atoms with van der Waals surface area (Å²) < 4.78 is 5.60. The Morgan fingerprint density at radius 3 is 2.71 bits per heavy atom. The summed E-state index contributed by atoms with van der Waals surface area (Å²) in [6, 6.07) is 8.31. The third-order valence-electron chi connectivity index (χ3n) is 4.00. The van der Waals surface area contributed by atoms with Crippen molar-refractivity contribution in [2.24, 2.45) is 4.99 Å². The average molecular weight is 403 g/mol. The number of urea groups is 1. The molecule has 1 saturated heterocycles. The maximum Gasteiger partial charge on any atom is 0.326 e. The van der Waals surface area contributed by atoms with Gasteiger partial charge in [0.05, 0.1) is 12.6 Å². The summed E-state index contributed by atoms with van der Waals surface area (Å²) in [7, 11) is 0. The van der Waals surface area contributed by atoms with Crippen LogP contribution in [0.3, 0.4) is 0 Å². The van der Waals surface area contributed by atoms with E-state index in [0.717, 1.165) is 30.8 Å². The quantitative estimate of drug-likeness (QED) is 0.536. The zero-order valence-electron chi connectivity index (χ0n) is 15.8. The molecular weight excluding hydrogens is 380 g/mol. The standard InChI is InChI=1S/C19H23ClN6O2/c1-12-9-13(2)23-18(22-12)25-17(21-11-16-7-4-8-28-16)26-19(27)24-15-6-3-5-14(20)10-15/h3,5-6,9-10,16H,4,7-8,11H2,1-2H3,(H3,21,22,23,24,25,26,27). The van der Waals surface area contributed by atoms with Gasteiger partial charge in [-0.2, -0.15) is 0 Å². The predicted molar refractivity (Wildman–Crippen MR) is 110 cm³/mol. The number of amides is 2. The predicted octanol–water partition coefficient (Wildman–Crippen LogP) is 3.52. The maximum absolute atomic E-state index is 12.4. The molecule has 1 aromatic carbocycles. The molecule has 1 atom stereocenters. The largest absolute Gasteiger partial charge is 0.376 e. The fourth-order valence-corrected chi connectivity index (χ4v) is 3.01. The number of halogens is 1. The molecule has 1 aromatic heterocycles. The molecule has 1 unspecified atom stereocenters. The molecule has 2 heterocycles. The number of hydrogen-bond donors (Lipinski definition) is 3. The van der Waals surface area contributed by atoms with Gasteiger partial charge in [-0.3, -0.25) is 10.6 Å². The van der Waals surface area contributed by atoms with Gasteiger partial charge in [0.1, 0.15) is 0 Å². The van der Waals surface area contributed by atoms with Gasteiger partial charge in [0.15, 0.2) is 0 Å². The molecule has 0 aliphatic carbocycles. The molecule has 2 amide bonds. The van der Waals surface area contributed by atoms with Crippen LogP contribution in [-0.4, -0.2) is 41.2 Å². The molecule has 9 heteroatoms. The van der Waals surface area contributed by atoms with Gasteiger partial charge in [0.2, 0.25) is 11.9 Å². The van der Waals surface area contributed by atoms with Crippen molar-refractivity contribution in [3.8, 4) is 0 Å². The van der Waals surface area contributed by atoms with Gasteiger partial charge < -0.3 is 10.1 Å². The zero-order chi connectivity index (χ0) is 19.9. The third kappa shape index (κ3) is 6.17. The number of hydrogen-bond acceptors (Lipinski definition) is 5. The third-order valence-corrected chi connectivity index (χ3v) is 4.24. The summed E-state index contributed by atoms with van der Waals surface area (Å²) in [5.74, 6) is 0.617. The molecular formula is C19H23ClN6O2. The van der Waals surface area contributed by atoms with E-state index in [0.29, 0.717) is 23.2 Å². The molecule has 8 nitrogen and oxygen atoms in total. The second-order valence-electron chi connectivity index (χ2n) is 6.51. The van der Waals surface area contributed by atoms with Gasteiger partial charge in [-0.15, -0.1) is 0 Å². The second-order valence-corrected chi connectivity index (χ2v) is 6.95. The van der Waals surface area contributed by atoms with Crippen molar-refractivity contribution in [1.82, 2.24) is 15.3 Å². The minimum atomic E-state index is -0.453. The van der Waals surface area contributed by atoms with E-state index in [1.54, 1.807) is 24.3 Å². The van der Waals surface area contributed by atoms with Gasteiger partial charge in [0.25, 0.3) is 0 Å². The minimum Gasteiger partial charge on any atom is -0.376 e. The maximum atomic E-state index is 12.4. The lowest BCUT2D eigenvalue weighted by Crippen LogP contribution is -2.40. The van der Waals surface area contributed by atoms with Crippen molar-refractivity contribution < 1.29 is 9.53 Å². The number of benzene rings is 1. The van der Waals surface area contributed by atoms with Crippen molar-refractivity contribution in [3.63, 3.8) is 0 Å². The van der Waals surface area contributed by atoms with Gasteiger partial charge in [-0.25, -0.2) is 19.8 Å². The Balaban J connectivity index is 1.70. The lowest BCUT2D eigenvalue weighted by atomic mass is 10.2. The number of carbonyl (C=O) groups is 1. The van der Waals surface area contributed by atoms with Crippen LogP contribution in [0, 0.1) is 13.8 Å². The number of guanidine groups is 1. The molecule has 2 aromatic rings. The van der Waals surface area contributed by atoms with Crippen LogP contribution in [0.4, 0.5) is 16.4 Å².